The summed E-state index contributed by atoms with van der Waals surface area (Å²) in [6.07, 6.45) is 5.45. The van der Waals surface area contributed by atoms with Gasteiger partial charge in [-0.3, -0.25) is 0 Å². The normalized spacial score (nSPS) is 24.2. The third-order valence-corrected chi connectivity index (χ3v) is 4.28. The minimum atomic E-state index is 0.276. The van der Waals surface area contributed by atoms with E-state index in [2.05, 4.69) is 37.4 Å². The monoisotopic (exact) mass is 236 g/mol. The van der Waals surface area contributed by atoms with E-state index in [1.807, 2.05) is 11.3 Å². The van der Waals surface area contributed by atoms with Crippen LogP contribution in [0.15, 0.2) is 18.2 Å². The van der Waals surface area contributed by atoms with Gasteiger partial charge in [-0.2, -0.15) is 0 Å². The number of aryl methyl sites for hydroxylation is 2. The zero-order valence-corrected chi connectivity index (χ0v) is 10.8. The van der Waals surface area contributed by atoms with Gasteiger partial charge in [-0.1, -0.05) is 12.2 Å². The van der Waals surface area contributed by atoms with Crippen LogP contribution in [0.3, 0.4) is 0 Å². The molecule has 1 aliphatic carbocycles. The highest BCUT2D eigenvalue weighted by Crippen LogP contribution is 2.20. The second-order valence-electron chi connectivity index (χ2n) is 4.63. The molecule has 1 heterocycles. The summed E-state index contributed by atoms with van der Waals surface area (Å²) in [5.41, 5.74) is 7.23. The fraction of sp³-hybridized carbons (Fsp3) is 0.538. The van der Waals surface area contributed by atoms with Crippen LogP contribution in [0, 0.1) is 19.8 Å². The lowest BCUT2D eigenvalue weighted by atomic mass is 10.1. The summed E-state index contributed by atoms with van der Waals surface area (Å²) in [5, 5.41) is 3.51. The molecule has 0 fully saturated rings. The van der Waals surface area contributed by atoms with Crippen LogP contribution >= 0.6 is 11.3 Å². The summed E-state index contributed by atoms with van der Waals surface area (Å²) in [6, 6.07) is 2.56. The standard InChI is InChI=1S/C13H20N2S/c1-9-5-13(16-10(9)2)8-15-7-11-3-4-12(14)6-11/h3-5,11-12,15H,6-8,14H2,1-2H3. The van der Waals surface area contributed by atoms with Crippen molar-refractivity contribution in [2.75, 3.05) is 6.54 Å². The second-order valence-corrected chi connectivity index (χ2v) is 5.97. The fourth-order valence-corrected chi connectivity index (χ4v) is 3.10. The highest BCUT2D eigenvalue weighted by Gasteiger charge is 2.14. The zero-order valence-electron chi connectivity index (χ0n) is 9.99. The molecule has 16 heavy (non-hydrogen) atoms. The summed E-state index contributed by atoms with van der Waals surface area (Å²) in [6.45, 7) is 6.38. The zero-order chi connectivity index (χ0) is 11.5. The van der Waals surface area contributed by atoms with Crippen molar-refractivity contribution in [2.24, 2.45) is 11.7 Å². The molecule has 1 aromatic rings. The van der Waals surface area contributed by atoms with E-state index in [1.165, 1.54) is 15.3 Å². The van der Waals surface area contributed by atoms with Crippen LogP contribution in [0.25, 0.3) is 0 Å². The Morgan fingerprint density at radius 1 is 1.44 bits per heavy atom. The molecule has 0 spiro atoms. The van der Waals surface area contributed by atoms with Gasteiger partial charge >= 0.3 is 0 Å². The van der Waals surface area contributed by atoms with Crippen molar-refractivity contribution in [3.63, 3.8) is 0 Å². The summed E-state index contributed by atoms with van der Waals surface area (Å²) >= 11 is 1.89. The summed E-state index contributed by atoms with van der Waals surface area (Å²) in [4.78, 5) is 2.86. The third kappa shape index (κ3) is 2.94. The Kier molecular flexibility index (Phi) is 3.79. The van der Waals surface area contributed by atoms with Crippen molar-refractivity contribution in [1.82, 2.24) is 5.32 Å². The molecule has 88 valence electrons. The first kappa shape index (κ1) is 11.8. The predicted molar refractivity (Wildman–Crippen MR) is 70.7 cm³/mol. The first-order chi connectivity index (χ1) is 7.65. The number of nitrogens with two attached hydrogens (primary N) is 1. The van der Waals surface area contributed by atoms with Gasteiger partial charge in [-0.05, 0) is 37.8 Å². The molecule has 2 rings (SSSR count). The molecule has 0 radical (unpaired) electrons. The van der Waals surface area contributed by atoms with Crippen LogP contribution in [-0.4, -0.2) is 12.6 Å². The van der Waals surface area contributed by atoms with Gasteiger partial charge in [0.1, 0.15) is 0 Å². The molecular formula is C13H20N2S. The van der Waals surface area contributed by atoms with E-state index in [1.54, 1.807) is 0 Å². The first-order valence-electron chi connectivity index (χ1n) is 5.85. The van der Waals surface area contributed by atoms with E-state index < -0.39 is 0 Å². The molecule has 1 aromatic heterocycles. The van der Waals surface area contributed by atoms with Crippen molar-refractivity contribution in [1.29, 1.82) is 0 Å². The average molecular weight is 236 g/mol. The highest BCUT2D eigenvalue weighted by molar-refractivity contribution is 7.12. The van der Waals surface area contributed by atoms with Crippen LogP contribution < -0.4 is 11.1 Å². The Morgan fingerprint density at radius 2 is 2.25 bits per heavy atom. The van der Waals surface area contributed by atoms with Crippen LogP contribution in [0.4, 0.5) is 0 Å². The maximum absolute atomic E-state index is 5.82. The number of rotatable bonds is 4. The van der Waals surface area contributed by atoms with Crippen molar-refractivity contribution < 1.29 is 0 Å². The van der Waals surface area contributed by atoms with Crippen molar-refractivity contribution in [3.05, 3.63) is 33.5 Å². The average Bonchev–Trinajstić information content (AvgIpc) is 2.75. The van der Waals surface area contributed by atoms with Gasteiger partial charge < -0.3 is 11.1 Å². The quantitative estimate of drug-likeness (QED) is 0.788. The van der Waals surface area contributed by atoms with Crippen molar-refractivity contribution in [2.45, 2.75) is 32.9 Å². The molecule has 2 nitrogen and oxygen atoms in total. The molecule has 3 heteroatoms. The molecule has 0 amide bonds. The van der Waals surface area contributed by atoms with Gasteiger partial charge in [0.15, 0.2) is 0 Å². The maximum atomic E-state index is 5.82. The molecule has 2 unspecified atom stereocenters. The Bertz CT molecular complexity index is 362. The topological polar surface area (TPSA) is 38.0 Å². The smallest absolute Gasteiger partial charge is 0.0300 e. The van der Waals surface area contributed by atoms with Gasteiger partial charge in [-0.25, -0.2) is 0 Å². The minimum absolute atomic E-state index is 0.276. The van der Waals surface area contributed by atoms with Gasteiger partial charge in [0, 0.05) is 28.9 Å². The van der Waals surface area contributed by atoms with E-state index >= 15 is 0 Å². The summed E-state index contributed by atoms with van der Waals surface area (Å²) in [7, 11) is 0. The number of hydrogen-bond donors (Lipinski definition) is 2. The lowest BCUT2D eigenvalue weighted by Gasteiger charge is -2.09. The Morgan fingerprint density at radius 3 is 2.81 bits per heavy atom. The third-order valence-electron chi connectivity index (χ3n) is 3.13. The van der Waals surface area contributed by atoms with Crippen molar-refractivity contribution in [3.8, 4) is 0 Å². The van der Waals surface area contributed by atoms with Crippen LogP contribution in [0.5, 0.6) is 0 Å². The lowest BCUT2D eigenvalue weighted by molar-refractivity contribution is 0.529. The number of hydrogen-bond acceptors (Lipinski definition) is 3. The molecule has 0 bridgehead atoms. The van der Waals surface area contributed by atoms with Crippen LogP contribution in [0.1, 0.15) is 21.7 Å². The molecule has 0 saturated heterocycles. The van der Waals surface area contributed by atoms with E-state index in [4.69, 9.17) is 5.73 Å². The predicted octanol–water partition coefficient (Wildman–Crippen LogP) is 2.36. The highest BCUT2D eigenvalue weighted by atomic mass is 32.1. The first-order valence-corrected chi connectivity index (χ1v) is 6.67. The second kappa shape index (κ2) is 5.13. The van der Waals surface area contributed by atoms with Gasteiger partial charge in [-0.15, -0.1) is 11.3 Å². The van der Waals surface area contributed by atoms with Gasteiger partial charge in [0.2, 0.25) is 0 Å². The van der Waals surface area contributed by atoms with E-state index in [0.717, 1.165) is 19.5 Å². The maximum Gasteiger partial charge on any atom is 0.0300 e. The fourth-order valence-electron chi connectivity index (χ4n) is 2.08. The molecule has 0 aromatic carbocycles. The molecule has 0 saturated carbocycles. The number of nitrogens with one attached hydrogen (secondary N) is 1. The minimum Gasteiger partial charge on any atom is -0.324 e. The number of thiophene rings is 1. The molecular weight excluding hydrogens is 216 g/mol. The molecule has 1 aliphatic rings. The summed E-state index contributed by atoms with van der Waals surface area (Å²) < 4.78 is 0. The van der Waals surface area contributed by atoms with E-state index in [0.29, 0.717) is 5.92 Å². The Balaban J connectivity index is 1.74. The van der Waals surface area contributed by atoms with Gasteiger partial charge in [0.05, 0.1) is 0 Å². The largest absolute Gasteiger partial charge is 0.324 e. The Hall–Kier alpha value is -0.640. The molecule has 0 aliphatic heterocycles. The van der Waals surface area contributed by atoms with Gasteiger partial charge in [0.25, 0.3) is 0 Å². The van der Waals surface area contributed by atoms with E-state index in [9.17, 15) is 0 Å². The molecule has 3 N–H and O–H groups in total. The van der Waals surface area contributed by atoms with E-state index in [-0.39, 0.29) is 6.04 Å². The summed E-state index contributed by atoms with van der Waals surface area (Å²) in [5.74, 6) is 0.622. The van der Waals surface area contributed by atoms with Crippen molar-refractivity contribution >= 4 is 11.3 Å². The van der Waals surface area contributed by atoms with Crippen LogP contribution in [-0.2, 0) is 6.54 Å². The van der Waals surface area contributed by atoms with Crippen LogP contribution in [0.2, 0.25) is 0 Å². The lowest BCUT2D eigenvalue weighted by Crippen LogP contribution is -2.23. The SMILES string of the molecule is Cc1cc(CNCC2C=CC(N)C2)sc1C. The molecule has 2 atom stereocenters. The Labute approximate surface area is 102 Å².